The normalized spacial score (nSPS) is 10.1. The average Bonchev–Trinajstić information content (AvgIpc) is 2.90. The Kier molecular flexibility index (Phi) is 4.94. The Morgan fingerprint density at radius 3 is 2.52 bits per heavy atom. The summed E-state index contributed by atoms with van der Waals surface area (Å²) >= 11 is 1.49. The number of rotatable bonds is 6. The SMILES string of the molecule is Cc1cscc1C(=O)NCCOc1ccc(C(=O)O)cc1. The minimum Gasteiger partial charge on any atom is -0.492 e. The molecule has 1 amide bonds. The third-order valence-electron chi connectivity index (χ3n) is 2.86. The quantitative estimate of drug-likeness (QED) is 0.804. The zero-order chi connectivity index (χ0) is 15.2. The molecule has 2 aromatic rings. The van der Waals surface area contributed by atoms with Crippen LogP contribution in [0.15, 0.2) is 35.0 Å². The largest absolute Gasteiger partial charge is 0.492 e. The standard InChI is InChI=1S/C15H15NO4S/c1-10-8-21-9-13(10)14(17)16-6-7-20-12-4-2-11(3-5-12)15(18)19/h2-5,8-9H,6-7H2,1H3,(H,16,17)(H,18,19). The maximum absolute atomic E-state index is 11.8. The lowest BCUT2D eigenvalue weighted by Crippen LogP contribution is -2.28. The highest BCUT2D eigenvalue weighted by Crippen LogP contribution is 2.13. The van der Waals surface area contributed by atoms with Gasteiger partial charge in [0.1, 0.15) is 12.4 Å². The molecule has 0 radical (unpaired) electrons. The minimum atomic E-state index is -0.972. The smallest absolute Gasteiger partial charge is 0.335 e. The van der Waals surface area contributed by atoms with Crippen LogP contribution in [0.2, 0.25) is 0 Å². The number of carboxylic acids is 1. The van der Waals surface area contributed by atoms with Crippen LogP contribution in [0, 0.1) is 6.92 Å². The van der Waals surface area contributed by atoms with Crippen molar-refractivity contribution >= 4 is 23.2 Å². The predicted octanol–water partition coefficient (Wildman–Crippen LogP) is 2.56. The number of thiophene rings is 1. The second kappa shape index (κ2) is 6.90. The highest BCUT2D eigenvalue weighted by atomic mass is 32.1. The monoisotopic (exact) mass is 305 g/mol. The molecule has 0 unspecified atom stereocenters. The number of hydrogen-bond acceptors (Lipinski definition) is 4. The van der Waals surface area contributed by atoms with Gasteiger partial charge in [0, 0.05) is 5.38 Å². The molecule has 0 aliphatic heterocycles. The van der Waals surface area contributed by atoms with Crippen LogP contribution < -0.4 is 10.1 Å². The molecule has 0 fully saturated rings. The van der Waals surface area contributed by atoms with Gasteiger partial charge < -0.3 is 15.2 Å². The number of aryl methyl sites for hydroxylation is 1. The first-order chi connectivity index (χ1) is 10.1. The van der Waals surface area contributed by atoms with Crippen molar-refractivity contribution < 1.29 is 19.4 Å². The van der Waals surface area contributed by atoms with Gasteiger partial charge in [-0.2, -0.15) is 11.3 Å². The maximum Gasteiger partial charge on any atom is 0.335 e. The van der Waals surface area contributed by atoms with Crippen LogP contribution in [-0.4, -0.2) is 30.1 Å². The highest BCUT2D eigenvalue weighted by molar-refractivity contribution is 7.08. The lowest BCUT2D eigenvalue weighted by Gasteiger charge is -2.08. The molecule has 0 bridgehead atoms. The van der Waals surface area contributed by atoms with E-state index in [0.29, 0.717) is 24.5 Å². The van der Waals surface area contributed by atoms with Gasteiger partial charge >= 0.3 is 5.97 Å². The van der Waals surface area contributed by atoms with Gasteiger partial charge in [0.15, 0.2) is 0 Å². The van der Waals surface area contributed by atoms with E-state index < -0.39 is 5.97 Å². The van der Waals surface area contributed by atoms with E-state index in [1.807, 2.05) is 17.7 Å². The third kappa shape index (κ3) is 4.06. The lowest BCUT2D eigenvalue weighted by molar-refractivity contribution is 0.0696. The average molecular weight is 305 g/mol. The van der Waals surface area contributed by atoms with Gasteiger partial charge in [-0.25, -0.2) is 4.79 Å². The third-order valence-corrected chi connectivity index (χ3v) is 3.72. The number of benzene rings is 1. The fourth-order valence-corrected chi connectivity index (χ4v) is 2.54. The molecule has 0 aliphatic rings. The molecule has 2 N–H and O–H groups in total. The van der Waals surface area contributed by atoms with Gasteiger partial charge in [-0.1, -0.05) is 0 Å². The highest BCUT2D eigenvalue weighted by Gasteiger charge is 2.08. The first-order valence-electron chi connectivity index (χ1n) is 6.35. The fourth-order valence-electron chi connectivity index (χ4n) is 1.72. The molecule has 1 aromatic carbocycles. The zero-order valence-corrected chi connectivity index (χ0v) is 12.3. The molecular formula is C15H15NO4S. The van der Waals surface area contributed by atoms with Crippen LogP contribution in [-0.2, 0) is 0 Å². The molecular weight excluding hydrogens is 290 g/mol. The molecule has 6 heteroatoms. The molecule has 0 saturated heterocycles. The topological polar surface area (TPSA) is 75.6 Å². The Hall–Kier alpha value is -2.34. The van der Waals surface area contributed by atoms with E-state index in [1.165, 1.54) is 23.5 Å². The molecule has 1 aromatic heterocycles. The maximum atomic E-state index is 11.8. The van der Waals surface area contributed by atoms with E-state index in [1.54, 1.807) is 12.1 Å². The second-order valence-corrected chi connectivity index (χ2v) is 5.15. The summed E-state index contributed by atoms with van der Waals surface area (Å²) in [5, 5.41) is 15.3. The van der Waals surface area contributed by atoms with Gasteiger partial charge in [0.2, 0.25) is 0 Å². The van der Waals surface area contributed by atoms with E-state index in [2.05, 4.69) is 5.32 Å². The molecule has 2 rings (SSSR count). The van der Waals surface area contributed by atoms with Crippen molar-refractivity contribution in [3.63, 3.8) is 0 Å². The Morgan fingerprint density at radius 1 is 1.24 bits per heavy atom. The minimum absolute atomic E-state index is 0.112. The van der Waals surface area contributed by atoms with E-state index in [4.69, 9.17) is 9.84 Å². The zero-order valence-electron chi connectivity index (χ0n) is 11.5. The van der Waals surface area contributed by atoms with E-state index in [0.717, 1.165) is 5.56 Å². The van der Waals surface area contributed by atoms with Gasteiger partial charge in [-0.05, 0) is 42.1 Å². The van der Waals surface area contributed by atoms with Crippen molar-refractivity contribution in [2.75, 3.05) is 13.2 Å². The Labute approximate surface area is 126 Å². The van der Waals surface area contributed by atoms with Crippen molar-refractivity contribution in [3.05, 3.63) is 51.7 Å². The van der Waals surface area contributed by atoms with Crippen molar-refractivity contribution in [1.82, 2.24) is 5.32 Å². The number of amides is 1. The van der Waals surface area contributed by atoms with Crippen LogP contribution in [0.5, 0.6) is 5.75 Å². The summed E-state index contributed by atoms with van der Waals surface area (Å²) < 4.78 is 5.43. The number of carbonyl (C=O) groups is 2. The van der Waals surface area contributed by atoms with Gasteiger partial charge in [0.05, 0.1) is 17.7 Å². The number of aromatic carboxylic acids is 1. The van der Waals surface area contributed by atoms with Gasteiger partial charge in [-0.15, -0.1) is 0 Å². The Bertz CT molecular complexity index is 633. The summed E-state index contributed by atoms with van der Waals surface area (Å²) in [7, 11) is 0. The fraction of sp³-hybridized carbons (Fsp3) is 0.200. The predicted molar refractivity (Wildman–Crippen MR) is 80.3 cm³/mol. The summed E-state index contributed by atoms with van der Waals surface area (Å²) in [5.74, 6) is -0.514. The van der Waals surface area contributed by atoms with Crippen LogP contribution in [0.3, 0.4) is 0 Å². The summed E-state index contributed by atoms with van der Waals surface area (Å²) in [6, 6.07) is 6.14. The van der Waals surface area contributed by atoms with Crippen LogP contribution in [0.4, 0.5) is 0 Å². The molecule has 0 aliphatic carbocycles. The number of ether oxygens (including phenoxy) is 1. The summed E-state index contributed by atoms with van der Waals surface area (Å²) in [6.07, 6.45) is 0. The summed E-state index contributed by atoms with van der Waals surface area (Å²) in [5.41, 5.74) is 1.86. The Morgan fingerprint density at radius 2 is 1.95 bits per heavy atom. The number of nitrogens with one attached hydrogen (secondary N) is 1. The first-order valence-corrected chi connectivity index (χ1v) is 7.29. The number of hydrogen-bond donors (Lipinski definition) is 2. The second-order valence-electron chi connectivity index (χ2n) is 4.40. The molecule has 0 atom stereocenters. The van der Waals surface area contributed by atoms with Crippen molar-refractivity contribution in [2.45, 2.75) is 6.92 Å². The molecule has 1 heterocycles. The van der Waals surface area contributed by atoms with Crippen LogP contribution in [0.25, 0.3) is 0 Å². The molecule has 0 saturated carbocycles. The van der Waals surface area contributed by atoms with Crippen LogP contribution >= 0.6 is 11.3 Å². The summed E-state index contributed by atoms with van der Waals surface area (Å²) in [4.78, 5) is 22.5. The van der Waals surface area contributed by atoms with E-state index in [9.17, 15) is 9.59 Å². The number of carbonyl (C=O) groups excluding carboxylic acids is 1. The van der Waals surface area contributed by atoms with Crippen molar-refractivity contribution in [1.29, 1.82) is 0 Å². The molecule has 5 nitrogen and oxygen atoms in total. The number of carboxylic acid groups (broad SMARTS) is 1. The van der Waals surface area contributed by atoms with Gasteiger partial charge in [-0.3, -0.25) is 4.79 Å². The molecule has 21 heavy (non-hydrogen) atoms. The van der Waals surface area contributed by atoms with Gasteiger partial charge in [0.25, 0.3) is 5.91 Å². The molecule has 110 valence electrons. The van der Waals surface area contributed by atoms with E-state index in [-0.39, 0.29) is 11.5 Å². The van der Waals surface area contributed by atoms with Crippen molar-refractivity contribution in [3.8, 4) is 5.75 Å². The Balaban J connectivity index is 1.76. The van der Waals surface area contributed by atoms with E-state index >= 15 is 0 Å². The van der Waals surface area contributed by atoms with Crippen LogP contribution in [0.1, 0.15) is 26.3 Å². The lowest BCUT2D eigenvalue weighted by atomic mass is 10.2. The summed E-state index contributed by atoms with van der Waals surface area (Å²) in [6.45, 7) is 2.60. The molecule has 0 spiro atoms. The first kappa shape index (κ1) is 15.1. The van der Waals surface area contributed by atoms with Crippen molar-refractivity contribution in [2.24, 2.45) is 0 Å².